The largest absolute Gasteiger partial charge is 0.335 e. The van der Waals surface area contributed by atoms with Crippen molar-refractivity contribution in [2.45, 2.75) is 33.2 Å². The van der Waals surface area contributed by atoms with Crippen LogP contribution >= 0.6 is 0 Å². The van der Waals surface area contributed by atoms with Crippen molar-refractivity contribution in [3.05, 3.63) is 65.3 Å². The molecular weight excluding hydrogens is 293 g/mol. The maximum Gasteiger partial charge on any atom is 0.223 e. The predicted octanol–water partition coefficient (Wildman–Crippen LogP) is 3.31. The van der Waals surface area contributed by atoms with E-state index in [0.717, 1.165) is 22.5 Å². The lowest BCUT2D eigenvalue weighted by Gasteiger charge is -2.21. The highest BCUT2D eigenvalue weighted by Crippen LogP contribution is 2.14. The van der Waals surface area contributed by atoms with E-state index >= 15 is 0 Å². The number of carbonyl (C=O) groups is 1. The molecule has 0 spiro atoms. The molecule has 1 amide bonds. The molecule has 0 radical (unpaired) electrons. The average Bonchev–Trinajstić information content (AvgIpc) is 2.85. The minimum absolute atomic E-state index is 0.0502. The van der Waals surface area contributed by atoms with Crippen LogP contribution in [0.1, 0.15) is 28.9 Å². The molecule has 4 nitrogen and oxygen atoms in total. The Bertz CT molecular complexity index is 657. The fraction of sp³-hybridized carbons (Fsp3) is 0.333. The Kier molecular flexibility index (Phi) is 5.68. The van der Waals surface area contributed by atoms with Crippen molar-refractivity contribution in [2.24, 2.45) is 0 Å². The molecule has 0 unspecified atom stereocenters. The summed E-state index contributed by atoms with van der Waals surface area (Å²) >= 11 is 0. The Hall–Kier alpha value is -2.43. The Balaban J connectivity index is 2.00. The Morgan fingerprint density at radius 2 is 2.04 bits per heavy atom. The molecule has 0 aliphatic heterocycles. The van der Waals surface area contributed by atoms with Crippen LogP contribution in [0.15, 0.2) is 36.9 Å². The first-order valence-corrected chi connectivity index (χ1v) is 7.64. The Morgan fingerprint density at radius 1 is 1.35 bits per heavy atom. The van der Waals surface area contributed by atoms with Crippen LogP contribution in [0, 0.1) is 19.7 Å². The second-order valence-electron chi connectivity index (χ2n) is 5.60. The monoisotopic (exact) mass is 315 g/mol. The zero-order valence-electron chi connectivity index (χ0n) is 13.6. The van der Waals surface area contributed by atoms with Gasteiger partial charge >= 0.3 is 0 Å². The molecule has 0 aliphatic rings. The molecule has 2 aromatic rings. The van der Waals surface area contributed by atoms with Crippen molar-refractivity contribution < 1.29 is 9.18 Å². The molecule has 0 aliphatic carbocycles. The second kappa shape index (κ2) is 7.72. The zero-order chi connectivity index (χ0) is 16.8. The van der Waals surface area contributed by atoms with Crippen molar-refractivity contribution in [2.75, 3.05) is 6.54 Å². The molecule has 1 aromatic heterocycles. The number of hydrogen-bond acceptors (Lipinski definition) is 2. The number of aromatic nitrogens is 2. The van der Waals surface area contributed by atoms with Crippen LogP contribution in [-0.4, -0.2) is 27.5 Å². The van der Waals surface area contributed by atoms with E-state index < -0.39 is 0 Å². The first kappa shape index (κ1) is 16.9. The van der Waals surface area contributed by atoms with Crippen molar-refractivity contribution in [1.29, 1.82) is 0 Å². The van der Waals surface area contributed by atoms with Crippen LogP contribution in [0.25, 0.3) is 0 Å². The highest BCUT2D eigenvalue weighted by Gasteiger charge is 2.15. The van der Waals surface area contributed by atoms with Crippen LogP contribution in [0.4, 0.5) is 4.39 Å². The van der Waals surface area contributed by atoms with E-state index in [4.69, 9.17) is 0 Å². The molecule has 0 saturated carbocycles. The fourth-order valence-electron chi connectivity index (χ4n) is 2.55. The summed E-state index contributed by atoms with van der Waals surface area (Å²) in [7, 11) is 0. The van der Waals surface area contributed by atoms with Gasteiger partial charge in [0.1, 0.15) is 5.82 Å². The van der Waals surface area contributed by atoms with E-state index in [1.54, 1.807) is 23.1 Å². The van der Waals surface area contributed by atoms with Gasteiger partial charge in [0.2, 0.25) is 5.91 Å². The quantitative estimate of drug-likeness (QED) is 0.797. The standard InChI is InChI=1S/C18H22FN3O/c1-4-11-22(12-15-5-7-16(19)8-6-15)18(23)10-9-17-13(2)20-21-14(17)3/h4-8H,1,9-12H2,2-3H3,(H,20,21). The lowest BCUT2D eigenvalue weighted by Crippen LogP contribution is -2.30. The number of hydrogen-bond donors (Lipinski definition) is 1. The normalized spacial score (nSPS) is 10.6. The van der Waals surface area contributed by atoms with E-state index in [9.17, 15) is 9.18 Å². The van der Waals surface area contributed by atoms with Crippen LogP contribution in [0.2, 0.25) is 0 Å². The summed E-state index contributed by atoms with van der Waals surface area (Å²) in [5, 5.41) is 7.08. The lowest BCUT2D eigenvalue weighted by molar-refractivity contribution is -0.131. The number of H-pyrrole nitrogens is 1. The molecule has 1 N–H and O–H groups in total. The molecule has 0 fully saturated rings. The number of benzene rings is 1. The Morgan fingerprint density at radius 3 is 2.61 bits per heavy atom. The summed E-state index contributed by atoms with van der Waals surface area (Å²) in [4.78, 5) is 14.2. The summed E-state index contributed by atoms with van der Waals surface area (Å²) in [6.07, 6.45) is 2.77. The summed E-state index contributed by atoms with van der Waals surface area (Å²) < 4.78 is 13.0. The third-order valence-electron chi connectivity index (χ3n) is 3.86. The van der Waals surface area contributed by atoms with Crippen molar-refractivity contribution in [3.63, 3.8) is 0 Å². The van der Waals surface area contributed by atoms with Crippen molar-refractivity contribution in [1.82, 2.24) is 15.1 Å². The summed E-state index contributed by atoms with van der Waals surface area (Å²) in [5.74, 6) is -0.226. The van der Waals surface area contributed by atoms with Gasteiger partial charge in [0.15, 0.2) is 0 Å². The van der Waals surface area contributed by atoms with E-state index in [1.807, 2.05) is 13.8 Å². The van der Waals surface area contributed by atoms with E-state index in [-0.39, 0.29) is 11.7 Å². The van der Waals surface area contributed by atoms with Gasteiger partial charge in [-0.3, -0.25) is 9.89 Å². The van der Waals surface area contributed by atoms with Gasteiger partial charge in [-0.25, -0.2) is 4.39 Å². The number of halogens is 1. The SMILES string of the molecule is C=CCN(Cc1ccc(F)cc1)C(=O)CCc1c(C)n[nH]c1C. The predicted molar refractivity (Wildman–Crippen MR) is 88.4 cm³/mol. The molecule has 2 rings (SSSR count). The molecule has 0 saturated heterocycles. The molecule has 0 bridgehead atoms. The van der Waals surface area contributed by atoms with Gasteiger partial charge in [0, 0.05) is 25.2 Å². The highest BCUT2D eigenvalue weighted by atomic mass is 19.1. The number of aryl methyl sites for hydroxylation is 2. The minimum Gasteiger partial charge on any atom is -0.335 e. The summed E-state index contributed by atoms with van der Waals surface area (Å²) in [6, 6.07) is 6.21. The topological polar surface area (TPSA) is 49.0 Å². The van der Waals surface area contributed by atoms with Crippen LogP contribution < -0.4 is 0 Å². The van der Waals surface area contributed by atoms with Crippen molar-refractivity contribution in [3.8, 4) is 0 Å². The summed E-state index contributed by atoms with van der Waals surface area (Å²) in [6.45, 7) is 8.52. The fourth-order valence-corrected chi connectivity index (χ4v) is 2.55. The third-order valence-corrected chi connectivity index (χ3v) is 3.86. The molecule has 0 atom stereocenters. The third kappa shape index (κ3) is 4.52. The molecule has 23 heavy (non-hydrogen) atoms. The lowest BCUT2D eigenvalue weighted by atomic mass is 10.1. The first-order valence-electron chi connectivity index (χ1n) is 7.64. The number of carbonyl (C=O) groups excluding carboxylic acids is 1. The van der Waals surface area contributed by atoms with Crippen LogP contribution in [0.5, 0.6) is 0 Å². The summed E-state index contributed by atoms with van der Waals surface area (Å²) in [5.41, 5.74) is 3.93. The van der Waals surface area contributed by atoms with Gasteiger partial charge in [0.05, 0.1) is 5.69 Å². The molecular formula is C18H22FN3O. The molecule has 5 heteroatoms. The Labute approximate surface area is 136 Å². The van der Waals surface area contributed by atoms with Crippen LogP contribution in [-0.2, 0) is 17.8 Å². The number of nitrogens with zero attached hydrogens (tertiary/aromatic N) is 2. The highest BCUT2D eigenvalue weighted by molar-refractivity contribution is 5.76. The number of rotatable bonds is 7. The number of aromatic amines is 1. The molecule has 1 aromatic carbocycles. The van der Waals surface area contributed by atoms with Gasteiger partial charge in [-0.2, -0.15) is 5.10 Å². The van der Waals surface area contributed by atoms with Crippen molar-refractivity contribution >= 4 is 5.91 Å². The van der Waals surface area contributed by atoms with Gasteiger partial charge in [0.25, 0.3) is 0 Å². The number of nitrogens with one attached hydrogen (secondary N) is 1. The molecule has 122 valence electrons. The molecule has 1 heterocycles. The average molecular weight is 315 g/mol. The second-order valence-corrected chi connectivity index (χ2v) is 5.60. The smallest absolute Gasteiger partial charge is 0.223 e. The number of amides is 1. The maximum absolute atomic E-state index is 13.0. The van der Waals surface area contributed by atoms with E-state index in [1.165, 1.54) is 12.1 Å². The van der Waals surface area contributed by atoms with Gasteiger partial charge in [-0.1, -0.05) is 18.2 Å². The maximum atomic E-state index is 13.0. The van der Waals surface area contributed by atoms with Crippen LogP contribution in [0.3, 0.4) is 0 Å². The van der Waals surface area contributed by atoms with E-state index in [0.29, 0.717) is 25.9 Å². The first-order chi connectivity index (χ1) is 11.0. The van der Waals surface area contributed by atoms with Gasteiger partial charge < -0.3 is 4.90 Å². The zero-order valence-corrected chi connectivity index (χ0v) is 13.6. The van der Waals surface area contributed by atoms with Gasteiger partial charge in [-0.05, 0) is 43.5 Å². The van der Waals surface area contributed by atoms with Gasteiger partial charge in [-0.15, -0.1) is 6.58 Å². The minimum atomic E-state index is -0.277. The van der Waals surface area contributed by atoms with E-state index in [2.05, 4.69) is 16.8 Å².